The molecule has 1 aliphatic rings. The number of aryl methyl sites for hydroxylation is 2. The molecule has 1 fully saturated rings. The Morgan fingerprint density at radius 3 is 2.60 bits per heavy atom. The number of aromatic nitrogens is 2. The summed E-state index contributed by atoms with van der Waals surface area (Å²) in [5.41, 5.74) is 1.85. The molecule has 1 aromatic heterocycles. The predicted octanol–water partition coefficient (Wildman–Crippen LogP) is 3.31. The van der Waals surface area contributed by atoms with Crippen molar-refractivity contribution in [1.82, 2.24) is 14.9 Å². The minimum absolute atomic E-state index is 0.144. The van der Waals surface area contributed by atoms with E-state index in [1.807, 2.05) is 48.2 Å². The van der Waals surface area contributed by atoms with E-state index in [9.17, 15) is 4.79 Å². The number of carbonyl (C=O) groups excluding carboxylic acids is 1. The van der Waals surface area contributed by atoms with Crippen LogP contribution in [0.3, 0.4) is 0 Å². The summed E-state index contributed by atoms with van der Waals surface area (Å²) in [6, 6.07) is 11.6. The summed E-state index contributed by atoms with van der Waals surface area (Å²) in [5, 5.41) is 3.45. The number of anilines is 1. The fraction of sp³-hybridized carbons (Fsp3) is 0.450. The second kappa shape index (κ2) is 8.10. The number of nitrogens with one attached hydrogen (secondary N) is 1. The molecule has 0 aliphatic carbocycles. The first-order valence-corrected chi connectivity index (χ1v) is 9.08. The zero-order chi connectivity index (χ0) is 17.6. The number of piperidine rings is 1. The van der Waals surface area contributed by atoms with Crippen LogP contribution in [0.4, 0.5) is 5.82 Å². The Bertz CT molecular complexity index is 709. The first kappa shape index (κ1) is 17.4. The number of hydrogen-bond acceptors (Lipinski definition) is 4. The Balaban J connectivity index is 1.50. The number of carbonyl (C=O) groups is 1. The van der Waals surface area contributed by atoms with Gasteiger partial charge in [0.2, 0.25) is 0 Å². The lowest BCUT2D eigenvalue weighted by Crippen LogP contribution is -2.39. The summed E-state index contributed by atoms with van der Waals surface area (Å²) in [6.45, 7) is 6.57. The average molecular weight is 338 g/mol. The molecular formula is C20H26N4O. The van der Waals surface area contributed by atoms with Gasteiger partial charge in [-0.15, -0.1) is 0 Å². The van der Waals surface area contributed by atoms with E-state index in [0.717, 1.165) is 61.8 Å². The first-order valence-electron chi connectivity index (χ1n) is 9.08. The van der Waals surface area contributed by atoms with Crippen molar-refractivity contribution in [3.8, 4) is 0 Å². The van der Waals surface area contributed by atoms with Gasteiger partial charge in [0.05, 0.1) is 0 Å². The van der Waals surface area contributed by atoms with Crippen molar-refractivity contribution in [3.05, 3.63) is 53.5 Å². The molecule has 2 heterocycles. The van der Waals surface area contributed by atoms with Gasteiger partial charge in [-0.1, -0.05) is 25.1 Å². The van der Waals surface area contributed by atoms with Gasteiger partial charge in [0.25, 0.3) is 5.91 Å². The Labute approximate surface area is 149 Å². The van der Waals surface area contributed by atoms with Crippen LogP contribution >= 0.6 is 0 Å². The molecule has 0 atom stereocenters. The first-order chi connectivity index (χ1) is 12.2. The lowest BCUT2D eigenvalue weighted by molar-refractivity contribution is 0.0695. The zero-order valence-electron chi connectivity index (χ0n) is 15.0. The van der Waals surface area contributed by atoms with Gasteiger partial charge in [-0.05, 0) is 44.2 Å². The van der Waals surface area contributed by atoms with Gasteiger partial charge in [-0.25, -0.2) is 9.97 Å². The van der Waals surface area contributed by atoms with Crippen LogP contribution in [0, 0.1) is 12.8 Å². The second-order valence-electron chi connectivity index (χ2n) is 6.63. The summed E-state index contributed by atoms with van der Waals surface area (Å²) >= 11 is 0. The average Bonchev–Trinajstić information content (AvgIpc) is 2.66. The molecule has 5 heteroatoms. The molecule has 0 spiro atoms. The summed E-state index contributed by atoms with van der Waals surface area (Å²) in [6.07, 6.45) is 2.96. The van der Waals surface area contributed by atoms with E-state index in [0.29, 0.717) is 5.92 Å². The highest BCUT2D eigenvalue weighted by Crippen LogP contribution is 2.20. The molecule has 1 aliphatic heterocycles. The molecule has 1 aromatic carbocycles. The third kappa shape index (κ3) is 4.56. The third-order valence-corrected chi connectivity index (χ3v) is 4.75. The molecule has 0 bridgehead atoms. The maximum atomic E-state index is 12.5. The molecule has 3 rings (SSSR count). The SMILES string of the molecule is CCc1cc(NCC2CCN(C(=O)c3ccccc3)CC2)nc(C)n1. The van der Waals surface area contributed by atoms with E-state index < -0.39 is 0 Å². The molecule has 0 radical (unpaired) electrons. The van der Waals surface area contributed by atoms with Gasteiger partial charge in [0.15, 0.2) is 0 Å². The molecule has 5 nitrogen and oxygen atoms in total. The molecule has 1 N–H and O–H groups in total. The predicted molar refractivity (Wildman–Crippen MR) is 99.7 cm³/mol. The van der Waals surface area contributed by atoms with Crippen LogP contribution in [-0.4, -0.2) is 40.4 Å². The van der Waals surface area contributed by atoms with Crippen LogP contribution in [0.2, 0.25) is 0 Å². The van der Waals surface area contributed by atoms with E-state index in [4.69, 9.17) is 0 Å². The largest absolute Gasteiger partial charge is 0.370 e. The van der Waals surface area contributed by atoms with Crippen LogP contribution in [0.1, 0.15) is 41.6 Å². The van der Waals surface area contributed by atoms with Crippen molar-refractivity contribution in [1.29, 1.82) is 0 Å². The molecule has 2 aromatic rings. The Morgan fingerprint density at radius 1 is 1.20 bits per heavy atom. The number of rotatable bonds is 5. The monoisotopic (exact) mass is 338 g/mol. The van der Waals surface area contributed by atoms with Crippen LogP contribution in [-0.2, 0) is 6.42 Å². The van der Waals surface area contributed by atoms with Crippen LogP contribution in [0.5, 0.6) is 0 Å². The van der Waals surface area contributed by atoms with Gasteiger partial charge >= 0.3 is 0 Å². The lowest BCUT2D eigenvalue weighted by Gasteiger charge is -2.32. The fourth-order valence-electron chi connectivity index (χ4n) is 3.25. The van der Waals surface area contributed by atoms with Crippen molar-refractivity contribution in [2.45, 2.75) is 33.1 Å². The normalized spacial score (nSPS) is 15.2. The van der Waals surface area contributed by atoms with Crippen molar-refractivity contribution in [2.75, 3.05) is 25.0 Å². The molecule has 132 valence electrons. The Morgan fingerprint density at radius 2 is 1.92 bits per heavy atom. The van der Waals surface area contributed by atoms with E-state index in [2.05, 4.69) is 22.2 Å². The van der Waals surface area contributed by atoms with E-state index >= 15 is 0 Å². The number of hydrogen-bond donors (Lipinski definition) is 1. The lowest BCUT2D eigenvalue weighted by atomic mass is 9.96. The van der Waals surface area contributed by atoms with Crippen molar-refractivity contribution >= 4 is 11.7 Å². The van der Waals surface area contributed by atoms with Gasteiger partial charge in [0.1, 0.15) is 11.6 Å². The van der Waals surface area contributed by atoms with Crippen LogP contribution in [0.15, 0.2) is 36.4 Å². The fourth-order valence-corrected chi connectivity index (χ4v) is 3.25. The molecule has 0 unspecified atom stereocenters. The number of amides is 1. The van der Waals surface area contributed by atoms with Crippen molar-refractivity contribution in [2.24, 2.45) is 5.92 Å². The van der Waals surface area contributed by atoms with E-state index in [1.54, 1.807) is 0 Å². The minimum atomic E-state index is 0.144. The van der Waals surface area contributed by atoms with Crippen LogP contribution < -0.4 is 5.32 Å². The van der Waals surface area contributed by atoms with Gasteiger partial charge in [0, 0.05) is 37.0 Å². The quantitative estimate of drug-likeness (QED) is 0.909. The maximum absolute atomic E-state index is 12.5. The van der Waals surface area contributed by atoms with Crippen molar-refractivity contribution < 1.29 is 4.79 Å². The highest BCUT2D eigenvalue weighted by molar-refractivity contribution is 5.94. The van der Waals surface area contributed by atoms with Gasteiger partial charge in [-0.3, -0.25) is 4.79 Å². The highest BCUT2D eigenvalue weighted by atomic mass is 16.2. The Kier molecular flexibility index (Phi) is 5.64. The summed E-state index contributed by atoms with van der Waals surface area (Å²) in [4.78, 5) is 23.3. The maximum Gasteiger partial charge on any atom is 0.253 e. The topological polar surface area (TPSA) is 58.1 Å². The second-order valence-corrected chi connectivity index (χ2v) is 6.63. The van der Waals surface area contributed by atoms with Gasteiger partial charge < -0.3 is 10.2 Å². The number of nitrogens with zero attached hydrogens (tertiary/aromatic N) is 3. The Hall–Kier alpha value is -2.43. The highest BCUT2D eigenvalue weighted by Gasteiger charge is 2.23. The number of likely N-dealkylation sites (tertiary alicyclic amines) is 1. The van der Waals surface area contributed by atoms with Crippen molar-refractivity contribution in [3.63, 3.8) is 0 Å². The van der Waals surface area contributed by atoms with Gasteiger partial charge in [-0.2, -0.15) is 0 Å². The third-order valence-electron chi connectivity index (χ3n) is 4.75. The van der Waals surface area contributed by atoms with E-state index in [1.165, 1.54) is 0 Å². The van der Waals surface area contributed by atoms with E-state index in [-0.39, 0.29) is 5.91 Å². The summed E-state index contributed by atoms with van der Waals surface area (Å²) < 4.78 is 0. The summed E-state index contributed by atoms with van der Waals surface area (Å²) in [5.74, 6) is 2.43. The molecule has 0 saturated carbocycles. The molecular weight excluding hydrogens is 312 g/mol. The molecule has 1 amide bonds. The minimum Gasteiger partial charge on any atom is -0.370 e. The molecule has 1 saturated heterocycles. The smallest absolute Gasteiger partial charge is 0.253 e. The standard InChI is InChI=1S/C20H26N4O/c1-3-18-13-19(23-15(2)22-18)21-14-16-9-11-24(12-10-16)20(25)17-7-5-4-6-8-17/h4-8,13,16H,3,9-12,14H2,1-2H3,(H,21,22,23). The molecule has 25 heavy (non-hydrogen) atoms. The zero-order valence-corrected chi connectivity index (χ0v) is 15.0. The summed E-state index contributed by atoms with van der Waals surface area (Å²) in [7, 11) is 0. The number of benzene rings is 1. The van der Waals surface area contributed by atoms with Crippen LogP contribution in [0.25, 0.3) is 0 Å².